The number of benzene rings is 1. The standard InChI is InChI=1S/C20H20Cl2N2O5S2/c1-19(2)12-5-4-10-23-15(12)17(25)18(31(19,28)29)11-6-7-13(21)16(14(11)22)24(30(26)27)20(3)8-9-20/h4-7,10,25H,8-9H2,1-3H3,(H,26,27). The number of nitrogens with zero attached hydrogens (tertiary/aromatic N) is 2. The molecule has 1 fully saturated rings. The van der Waals surface area contributed by atoms with Crippen molar-refractivity contribution in [2.75, 3.05) is 4.31 Å². The van der Waals surface area contributed by atoms with Crippen LogP contribution in [0.15, 0.2) is 30.5 Å². The minimum atomic E-state index is -4.13. The first-order valence-corrected chi connectivity index (χ1v) is 12.7. The van der Waals surface area contributed by atoms with Gasteiger partial charge < -0.3 is 5.11 Å². The maximum Gasteiger partial charge on any atom is 0.262 e. The van der Waals surface area contributed by atoms with Crippen molar-refractivity contribution in [2.24, 2.45) is 0 Å². The number of aromatic nitrogens is 1. The average molecular weight is 503 g/mol. The van der Waals surface area contributed by atoms with E-state index in [4.69, 9.17) is 23.2 Å². The predicted molar refractivity (Wildman–Crippen MR) is 123 cm³/mol. The third-order valence-corrected chi connectivity index (χ3v) is 10.1. The number of aliphatic hydroxyl groups excluding tert-OH is 1. The second kappa shape index (κ2) is 7.18. The van der Waals surface area contributed by atoms with E-state index in [9.17, 15) is 22.3 Å². The number of sulfone groups is 1. The normalized spacial score (nSPS) is 21.4. The first-order valence-electron chi connectivity index (χ1n) is 9.38. The molecule has 1 aliphatic heterocycles. The van der Waals surface area contributed by atoms with Crippen molar-refractivity contribution in [3.8, 4) is 0 Å². The Morgan fingerprint density at radius 2 is 1.81 bits per heavy atom. The summed E-state index contributed by atoms with van der Waals surface area (Å²) in [5.41, 5.74) is -0.0999. The molecule has 0 bridgehead atoms. The van der Waals surface area contributed by atoms with Crippen LogP contribution in [0.4, 0.5) is 5.69 Å². The lowest BCUT2D eigenvalue weighted by atomic mass is 9.98. The predicted octanol–water partition coefficient (Wildman–Crippen LogP) is 4.93. The summed E-state index contributed by atoms with van der Waals surface area (Å²) in [7, 11) is -4.13. The number of rotatable bonds is 4. The molecule has 2 heterocycles. The molecule has 0 saturated heterocycles. The largest absolute Gasteiger partial charge is 0.504 e. The van der Waals surface area contributed by atoms with Crippen molar-refractivity contribution in [1.82, 2.24) is 4.98 Å². The van der Waals surface area contributed by atoms with Gasteiger partial charge in [-0.1, -0.05) is 35.3 Å². The minimum absolute atomic E-state index is 0.0114. The molecule has 11 heteroatoms. The van der Waals surface area contributed by atoms with Crippen LogP contribution in [0, 0.1) is 0 Å². The van der Waals surface area contributed by atoms with Gasteiger partial charge in [0.05, 0.1) is 26.0 Å². The molecule has 1 atom stereocenters. The van der Waals surface area contributed by atoms with E-state index < -0.39 is 42.1 Å². The molecule has 2 aromatic rings. The molecule has 7 nitrogen and oxygen atoms in total. The van der Waals surface area contributed by atoms with Gasteiger partial charge in [0.25, 0.3) is 11.3 Å². The SMILES string of the molecule is CC1(N(c2c(Cl)ccc(C3=C(O)c4ncccc4C(C)(C)S3(=O)=O)c2Cl)S(=O)O)CC1. The molecule has 1 unspecified atom stereocenters. The summed E-state index contributed by atoms with van der Waals surface area (Å²) in [4.78, 5) is 3.79. The summed E-state index contributed by atoms with van der Waals surface area (Å²) in [6.45, 7) is 4.85. The van der Waals surface area contributed by atoms with E-state index in [0.717, 1.165) is 0 Å². The number of halogens is 2. The Hall–Kier alpha value is -1.65. The molecule has 2 N–H and O–H groups in total. The number of anilines is 1. The monoisotopic (exact) mass is 502 g/mol. The first-order chi connectivity index (χ1) is 14.3. The molecule has 0 radical (unpaired) electrons. The molecule has 2 aliphatic rings. The summed E-state index contributed by atoms with van der Waals surface area (Å²) in [5.74, 6) is -0.528. The van der Waals surface area contributed by atoms with Gasteiger partial charge in [-0.05, 0) is 45.7 Å². The Morgan fingerprint density at radius 1 is 1.16 bits per heavy atom. The van der Waals surface area contributed by atoms with Gasteiger partial charge >= 0.3 is 0 Å². The molecule has 0 spiro atoms. The number of pyridine rings is 1. The van der Waals surface area contributed by atoms with Crippen LogP contribution in [0.2, 0.25) is 10.0 Å². The van der Waals surface area contributed by atoms with Gasteiger partial charge in [-0.2, -0.15) is 0 Å². The number of hydrogen-bond acceptors (Lipinski definition) is 5. The van der Waals surface area contributed by atoms with Crippen molar-refractivity contribution >= 4 is 60.7 Å². The van der Waals surface area contributed by atoms with Crippen LogP contribution in [0.3, 0.4) is 0 Å². The lowest BCUT2D eigenvalue weighted by Gasteiger charge is -2.34. The van der Waals surface area contributed by atoms with Crippen molar-refractivity contribution in [2.45, 2.75) is 43.9 Å². The molecule has 1 aromatic heterocycles. The quantitative estimate of drug-likeness (QED) is 0.573. The van der Waals surface area contributed by atoms with E-state index in [1.54, 1.807) is 19.1 Å². The van der Waals surface area contributed by atoms with Gasteiger partial charge in [0.2, 0.25) is 0 Å². The van der Waals surface area contributed by atoms with Gasteiger partial charge in [0, 0.05) is 17.3 Å². The highest BCUT2D eigenvalue weighted by molar-refractivity contribution is 8.01. The fraction of sp³-hybridized carbons (Fsp3) is 0.350. The topological polar surface area (TPSA) is 108 Å². The second-order valence-corrected chi connectivity index (χ2v) is 12.4. The fourth-order valence-electron chi connectivity index (χ4n) is 3.81. The lowest BCUT2D eigenvalue weighted by molar-refractivity contribution is 0.501. The lowest BCUT2D eigenvalue weighted by Crippen LogP contribution is -2.37. The Balaban J connectivity index is 2.05. The number of fused-ring (bicyclic) bond motifs is 1. The van der Waals surface area contributed by atoms with E-state index in [-0.39, 0.29) is 27.0 Å². The second-order valence-electron chi connectivity index (χ2n) is 8.37. The van der Waals surface area contributed by atoms with Crippen LogP contribution in [0.5, 0.6) is 0 Å². The van der Waals surface area contributed by atoms with Crippen molar-refractivity contribution in [1.29, 1.82) is 0 Å². The zero-order valence-corrected chi connectivity index (χ0v) is 20.0. The maximum absolute atomic E-state index is 13.6. The van der Waals surface area contributed by atoms with Gasteiger partial charge in [0.15, 0.2) is 15.6 Å². The Bertz CT molecular complexity index is 1270. The summed E-state index contributed by atoms with van der Waals surface area (Å²) >= 11 is 10.5. The van der Waals surface area contributed by atoms with Gasteiger partial charge in [-0.15, -0.1) is 0 Å². The average Bonchev–Trinajstić information content (AvgIpc) is 3.43. The molecule has 4 rings (SSSR count). The molecule has 166 valence electrons. The third-order valence-electron chi connectivity index (χ3n) is 5.97. The van der Waals surface area contributed by atoms with Crippen LogP contribution in [-0.4, -0.2) is 32.8 Å². The summed E-state index contributed by atoms with van der Waals surface area (Å²) in [6.07, 6.45) is 2.75. The molecule has 31 heavy (non-hydrogen) atoms. The minimum Gasteiger partial charge on any atom is -0.504 e. The molecule has 0 amide bonds. The van der Waals surface area contributed by atoms with Crippen LogP contribution in [0.25, 0.3) is 10.7 Å². The van der Waals surface area contributed by atoms with Crippen LogP contribution in [0.1, 0.15) is 50.4 Å². The Morgan fingerprint density at radius 3 is 2.39 bits per heavy atom. The van der Waals surface area contributed by atoms with Crippen LogP contribution in [-0.2, 0) is 25.9 Å². The number of hydrogen-bond donors (Lipinski definition) is 2. The summed E-state index contributed by atoms with van der Waals surface area (Å²) in [5, 5.41) is 10.9. The maximum atomic E-state index is 13.6. The first kappa shape index (κ1) is 22.5. The van der Waals surface area contributed by atoms with E-state index in [2.05, 4.69) is 4.98 Å². The Labute approximate surface area is 193 Å². The van der Waals surface area contributed by atoms with E-state index >= 15 is 0 Å². The van der Waals surface area contributed by atoms with Gasteiger partial charge in [-0.25, -0.2) is 12.6 Å². The highest BCUT2D eigenvalue weighted by Crippen LogP contribution is 2.53. The smallest absolute Gasteiger partial charge is 0.262 e. The van der Waals surface area contributed by atoms with E-state index in [1.165, 1.54) is 36.5 Å². The zero-order valence-electron chi connectivity index (χ0n) is 16.9. The summed E-state index contributed by atoms with van der Waals surface area (Å²) < 4.78 is 49.1. The molecule has 1 aromatic carbocycles. The van der Waals surface area contributed by atoms with Crippen molar-refractivity contribution in [3.05, 3.63) is 57.3 Å². The fourth-order valence-corrected chi connectivity index (χ4v) is 7.28. The highest BCUT2D eigenvalue weighted by Gasteiger charge is 2.50. The highest BCUT2D eigenvalue weighted by atomic mass is 35.5. The zero-order chi connectivity index (χ0) is 22.9. The van der Waals surface area contributed by atoms with Gasteiger partial charge in [0.1, 0.15) is 10.6 Å². The molecule has 1 aliphatic carbocycles. The Kier molecular flexibility index (Phi) is 5.22. The molecule has 1 saturated carbocycles. The molecular weight excluding hydrogens is 483 g/mol. The van der Waals surface area contributed by atoms with Crippen molar-refractivity contribution in [3.63, 3.8) is 0 Å². The number of aliphatic hydroxyl groups is 1. The van der Waals surface area contributed by atoms with Crippen LogP contribution >= 0.6 is 23.2 Å². The van der Waals surface area contributed by atoms with Crippen molar-refractivity contribution < 1.29 is 22.3 Å². The van der Waals surface area contributed by atoms with Gasteiger partial charge in [-0.3, -0.25) is 13.8 Å². The van der Waals surface area contributed by atoms with Crippen LogP contribution < -0.4 is 4.31 Å². The third kappa shape index (κ3) is 3.21. The summed E-state index contributed by atoms with van der Waals surface area (Å²) in [6, 6.07) is 5.99. The van der Waals surface area contributed by atoms with E-state index in [1.807, 2.05) is 0 Å². The van der Waals surface area contributed by atoms with E-state index in [0.29, 0.717) is 18.4 Å². The molecular formula is C20H20Cl2N2O5S2.